The number of benzene rings is 3. The number of anilines is 1. The van der Waals surface area contributed by atoms with Crippen molar-refractivity contribution in [2.45, 2.75) is 24.9 Å². The Kier molecular flexibility index (Phi) is 8.07. The van der Waals surface area contributed by atoms with Gasteiger partial charge in [-0.05, 0) is 42.5 Å². The highest BCUT2D eigenvalue weighted by Gasteiger charge is 2.40. The number of nitrogens with zero attached hydrogens (tertiary/aromatic N) is 2. The van der Waals surface area contributed by atoms with Crippen LogP contribution in [0, 0.1) is 0 Å². The molecule has 0 bridgehead atoms. The highest BCUT2D eigenvalue weighted by molar-refractivity contribution is 6.03. The van der Waals surface area contributed by atoms with Gasteiger partial charge in [0.1, 0.15) is 30.9 Å². The van der Waals surface area contributed by atoms with E-state index in [4.69, 9.17) is 14.2 Å². The van der Waals surface area contributed by atoms with Gasteiger partial charge in [0.25, 0.3) is 5.91 Å². The summed E-state index contributed by atoms with van der Waals surface area (Å²) < 4.78 is 18.4. The molecule has 202 valence electrons. The Labute approximate surface area is 229 Å². The van der Waals surface area contributed by atoms with Crippen LogP contribution in [0.1, 0.15) is 43.7 Å². The Bertz CT molecular complexity index is 1540. The average Bonchev–Trinajstić information content (AvgIpc) is 3.39. The summed E-state index contributed by atoms with van der Waals surface area (Å²) in [5, 5.41) is 2.60. The molecule has 40 heavy (non-hydrogen) atoms. The fourth-order valence-electron chi connectivity index (χ4n) is 4.22. The molecule has 3 unspecified atom stereocenters. The van der Waals surface area contributed by atoms with Crippen molar-refractivity contribution < 1.29 is 28.6 Å². The van der Waals surface area contributed by atoms with Gasteiger partial charge < -0.3 is 19.5 Å². The number of carbonyl (C=O) groups is 3. The van der Waals surface area contributed by atoms with E-state index in [1.165, 1.54) is 16.8 Å². The summed E-state index contributed by atoms with van der Waals surface area (Å²) in [4.78, 5) is 54.5. The first-order chi connectivity index (χ1) is 19.5. The van der Waals surface area contributed by atoms with Crippen LogP contribution in [-0.2, 0) is 14.2 Å². The van der Waals surface area contributed by atoms with Crippen LogP contribution in [0.2, 0.25) is 0 Å². The van der Waals surface area contributed by atoms with Crippen molar-refractivity contribution >= 4 is 23.7 Å². The molecule has 3 aromatic carbocycles. The molecule has 0 radical (unpaired) electrons. The number of carbonyl (C=O) groups excluding carboxylic acids is 3. The summed E-state index contributed by atoms with van der Waals surface area (Å²) in [6.45, 7) is -0.204. The van der Waals surface area contributed by atoms with E-state index in [0.29, 0.717) is 16.7 Å². The minimum Gasteiger partial charge on any atom is -0.459 e. The maximum atomic E-state index is 12.9. The van der Waals surface area contributed by atoms with Crippen LogP contribution in [0.15, 0.2) is 108 Å². The third-order valence-corrected chi connectivity index (χ3v) is 6.25. The van der Waals surface area contributed by atoms with Gasteiger partial charge in [-0.15, -0.1) is 0 Å². The molecular formula is C30H25N3O7. The molecule has 1 N–H and O–H groups in total. The summed E-state index contributed by atoms with van der Waals surface area (Å²) in [7, 11) is 0. The highest BCUT2D eigenvalue weighted by Crippen LogP contribution is 2.31. The standard InChI is InChI=1S/C30H25N3O7/c34-27(20-10-4-1-5-11-20)31-25-16-17-33(30(37)32-25)26-18-23(40-29(36)22-14-8-3-9-15-22)24(39-26)19-38-28(35)21-12-6-2-7-13-21/h1-17,23-24,26H,18-19H2,(H,31,32,34,37). The molecule has 1 saturated heterocycles. The fourth-order valence-corrected chi connectivity index (χ4v) is 4.22. The van der Waals surface area contributed by atoms with Crippen LogP contribution in [0.5, 0.6) is 0 Å². The monoisotopic (exact) mass is 539 g/mol. The van der Waals surface area contributed by atoms with E-state index in [1.807, 2.05) is 0 Å². The van der Waals surface area contributed by atoms with Crippen molar-refractivity contribution in [3.05, 3.63) is 130 Å². The van der Waals surface area contributed by atoms with E-state index in [2.05, 4.69) is 10.3 Å². The molecule has 4 aromatic rings. The maximum Gasteiger partial charge on any atom is 0.351 e. The number of nitrogens with one attached hydrogen (secondary N) is 1. The summed E-state index contributed by atoms with van der Waals surface area (Å²) >= 11 is 0. The number of rotatable bonds is 8. The van der Waals surface area contributed by atoms with E-state index in [-0.39, 0.29) is 18.8 Å². The smallest absolute Gasteiger partial charge is 0.351 e. The van der Waals surface area contributed by atoms with Crippen molar-refractivity contribution in [2.75, 3.05) is 11.9 Å². The number of amides is 1. The Hall–Kier alpha value is -5.09. The molecule has 2 heterocycles. The fraction of sp³-hybridized carbons (Fsp3) is 0.167. The van der Waals surface area contributed by atoms with E-state index < -0.39 is 42.0 Å². The predicted octanol–water partition coefficient (Wildman–Crippen LogP) is 3.87. The highest BCUT2D eigenvalue weighted by atomic mass is 16.6. The van der Waals surface area contributed by atoms with E-state index in [0.717, 1.165) is 0 Å². The molecule has 0 aliphatic carbocycles. The van der Waals surface area contributed by atoms with Gasteiger partial charge in [0.05, 0.1) is 11.1 Å². The SMILES string of the molecule is O=C(Nc1ccn(C2CC(OC(=O)c3ccccc3)C(COC(=O)c3ccccc3)O2)c(=O)n1)c1ccccc1. The molecular weight excluding hydrogens is 514 g/mol. The third kappa shape index (κ3) is 6.30. The van der Waals surface area contributed by atoms with Gasteiger partial charge in [-0.2, -0.15) is 4.98 Å². The zero-order valence-corrected chi connectivity index (χ0v) is 21.2. The van der Waals surface area contributed by atoms with Gasteiger partial charge in [0.2, 0.25) is 0 Å². The lowest BCUT2D eigenvalue weighted by Gasteiger charge is -2.19. The second-order valence-electron chi connectivity index (χ2n) is 8.96. The number of hydrogen-bond acceptors (Lipinski definition) is 8. The van der Waals surface area contributed by atoms with Crippen LogP contribution in [-0.4, -0.2) is 46.2 Å². The van der Waals surface area contributed by atoms with Gasteiger partial charge in [-0.3, -0.25) is 9.36 Å². The number of hydrogen-bond donors (Lipinski definition) is 1. The summed E-state index contributed by atoms with van der Waals surface area (Å²) in [5.74, 6) is -1.46. The van der Waals surface area contributed by atoms with Gasteiger partial charge >= 0.3 is 17.6 Å². The predicted molar refractivity (Wildman–Crippen MR) is 144 cm³/mol. The molecule has 1 amide bonds. The molecule has 3 atom stereocenters. The Morgan fingerprint density at radius 3 is 2.00 bits per heavy atom. The number of aromatic nitrogens is 2. The van der Waals surface area contributed by atoms with E-state index in [1.54, 1.807) is 91.0 Å². The first-order valence-corrected chi connectivity index (χ1v) is 12.6. The van der Waals surface area contributed by atoms with Crippen molar-refractivity contribution in [3.63, 3.8) is 0 Å². The van der Waals surface area contributed by atoms with Crippen molar-refractivity contribution in [1.29, 1.82) is 0 Å². The van der Waals surface area contributed by atoms with E-state index >= 15 is 0 Å². The van der Waals surface area contributed by atoms with Crippen LogP contribution >= 0.6 is 0 Å². The number of esters is 2. The molecule has 1 aromatic heterocycles. The molecule has 1 fully saturated rings. The zero-order valence-electron chi connectivity index (χ0n) is 21.2. The first kappa shape index (κ1) is 26.5. The molecule has 0 saturated carbocycles. The molecule has 10 heteroatoms. The lowest BCUT2D eigenvalue weighted by Crippen LogP contribution is -2.32. The zero-order chi connectivity index (χ0) is 27.9. The maximum absolute atomic E-state index is 12.9. The third-order valence-electron chi connectivity index (χ3n) is 6.25. The lowest BCUT2D eigenvalue weighted by atomic mass is 10.1. The molecule has 1 aliphatic heterocycles. The van der Waals surface area contributed by atoms with Crippen molar-refractivity contribution in [1.82, 2.24) is 9.55 Å². The topological polar surface area (TPSA) is 126 Å². The molecule has 1 aliphatic rings. The number of ether oxygens (including phenoxy) is 3. The molecule has 10 nitrogen and oxygen atoms in total. The van der Waals surface area contributed by atoms with Crippen molar-refractivity contribution in [3.8, 4) is 0 Å². The Morgan fingerprint density at radius 2 is 1.40 bits per heavy atom. The van der Waals surface area contributed by atoms with Crippen LogP contribution < -0.4 is 11.0 Å². The normalized spacial score (nSPS) is 18.1. The summed E-state index contributed by atoms with van der Waals surface area (Å²) in [6, 6.07) is 26.9. The van der Waals surface area contributed by atoms with Crippen LogP contribution in [0.25, 0.3) is 0 Å². The summed E-state index contributed by atoms with van der Waals surface area (Å²) in [6.07, 6.45) is -0.952. The lowest BCUT2D eigenvalue weighted by molar-refractivity contribution is -0.0582. The van der Waals surface area contributed by atoms with E-state index in [9.17, 15) is 19.2 Å². The quantitative estimate of drug-likeness (QED) is 0.335. The van der Waals surface area contributed by atoms with Crippen LogP contribution in [0.4, 0.5) is 5.82 Å². The second-order valence-corrected chi connectivity index (χ2v) is 8.96. The van der Waals surface area contributed by atoms with Gasteiger partial charge in [-0.1, -0.05) is 54.6 Å². The van der Waals surface area contributed by atoms with Crippen molar-refractivity contribution in [2.24, 2.45) is 0 Å². The first-order valence-electron chi connectivity index (χ1n) is 12.6. The summed E-state index contributed by atoms with van der Waals surface area (Å²) in [5.41, 5.74) is 0.459. The second kappa shape index (κ2) is 12.2. The minimum absolute atomic E-state index is 0.0773. The minimum atomic E-state index is -0.854. The van der Waals surface area contributed by atoms with Crippen LogP contribution in [0.3, 0.4) is 0 Å². The molecule has 5 rings (SSSR count). The Balaban J connectivity index is 1.31. The van der Waals surface area contributed by atoms with Gasteiger partial charge in [0, 0.05) is 18.2 Å². The van der Waals surface area contributed by atoms with Gasteiger partial charge in [-0.25, -0.2) is 14.4 Å². The molecule has 0 spiro atoms. The largest absolute Gasteiger partial charge is 0.459 e. The Morgan fingerprint density at radius 1 is 0.825 bits per heavy atom. The van der Waals surface area contributed by atoms with Gasteiger partial charge in [0.15, 0.2) is 0 Å². The average molecular weight is 540 g/mol.